The normalized spacial score (nSPS) is 19.7. The number of fused-ring (bicyclic) bond motifs is 1. The summed E-state index contributed by atoms with van der Waals surface area (Å²) in [6.07, 6.45) is 1.05. The van der Waals surface area contributed by atoms with E-state index in [1.165, 1.54) is 11.3 Å². The number of benzene rings is 1. The lowest BCUT2D eigenvalue weighted by Crippen LogP contribution is -2.29. The maximum absolute atomic E-state index is 5.66. The van der Waals surface area contributed by atoms with Crippen molar-refractivity contribution in [3.8, 4) is 5.75 Å². The molecule has 0 fully saturated rings. The Kier molecular flexibility index (Phi) is 2.59. The van der Waals surface area contributed by atoms with Gasteiger partial charge in [0.1, 0.15) is 5.75 Å². The number of hydrogen-bond acceptors (Lipinski definition) is 3. The third kappa shape index (κ3) is 1.68. The molecule has 14 heavy (non-hydrogen) atoms. The van der Waals surface area contributed by atoms with Crippen molar-refractivity contribution in [2.75, 3.05) is 25.5 Å². The molecule has 3 heteroatoms. The molecule has 0 saturated carbocycles. The minimum absolute atomic E-state index is 0.551. The predicted octanol–water partition coefficient (Wildman–Crippen LogP) is 1.24. The molecule has 1 aliphatic rings. The second kappa shape index (κ2) is 3.88. The summed E-state index contributed by atoms with van der Waals surface area (Å²) in [6.45, 7) is 1.72. The Bertz CT molecular complexity index is 325. The van der Waals surface area contributed by atoms with Crippen LogP contribution in [-0.4, -0.2) is 20.2 Å². The van der Waals surface area contributed by atoms with Gasteiger partial charge in [0.2, 0.25) is 0 Å². The van der Waals surface area contributed by atoms with Gasteiger partial charge >= 0.3 is 0 Å². The third-order valence-electron chi connectivity index (χ3n) is 2.74. The van der Waals surface area contributed by atoms with Crippen LogP contribution < -0.4 is 15.8 Å². The van der Waals surface area contributed by atoms with Gasteiger partial charge in [-0.3, -0.25) is 0 Å². The van der Waals surface area contributed by atoms with Gasteiger partial charge in [0, 0.05) is 12.2 Å². The summed E-state index contributed by atoms with van der Waals surface area (Å²) in [5.74, 6) is 1.47. The van der Waals surface area contributed by atoms with E-state index in [-0.39, 0.29) is 0 Å². The molecular formula is C11H16N2O. The van der Waals surface area contributed by atoms with Gasteiger partial charge in [-0.2, -0.15) is 0 Å². The molecule has 2 rings (SSSR count). The van der Waals surface area contributed by atoms with Crippen molar-refractivity contribution < 1.29 is 4.74 Å². The fourth-order valence-corrected chi connectivity index (χ4v) is 1.84. The van der Waals surface area contributed by atoms with Gasteiger partial charge < -0.3 is 15.8 Å². The zero-order chi connectivity index (χ0) is 9.97. The van der Waals surface area contributed by atoms with E-state index in [1.807, 2.05) is 6.07 Å². The number of methoxy groups -OCH3 is 1. The van der Waals surface area contributed by atoms with Crippen LogP contribution >= 0.6 is 0 Å². The highest BCUT2D eigenvalue weighted by Gasteiger charge is 2.16. The fraction of sp³-hybridized carbons (Fsp3) is 0.455. The summed E-state index contributed by atoms with van der Waals surface area (Å²) in [4.78, 5) is 0. The summed E-state index contributed by atoms with van der Waals surface area (Å²) in [6, 6.07) is 6.14. The molecule has 0 saturated heterocycles. The Hall–Kier alpha value is -1.22. The van der Waals surface area contributed by atoms with Gasteiger partial charge in [-0.25, -0.2) is 0 Å². The summed E-state index contributed by atoms with van der Waals surface area (Å²) in [5, 5.41) is 3.38. The monoisotopic (exact) mass is 192 g/mol. The number of nitrogens with two attached hydrogens (primary N) is 1. The number of ether oxygens (including phenoxy) is 1. The standard InChI is InChI=1S/C11H16N2O/c1-14-10-2-3-11-9(5-10)4-8(6-12)7-13-11/h2-3,5,8,13H,4,6-7,12H2,1H3. The Morgan fingerprint density at radius 2 is 2.43 bits per heavy atom. The van der Waals surface area contributed by atoms with E-state index in [0.717, 1.165) is 25.3 Å². The summed E-state index contributed by atoms with van der Waals surface area (Å²) >= 11 is 0. The second-order valence-electron chi connectivity index (χ2n) is 3.71. The average molecular weight is 192 g/mol. The lowest BCUT2D eigenvalue weighted by atomic mass is 9.94. The zero-order valence-electron chi connectivity index (χ0n) is 8.42. The Morgan fingerprint density at radius 3 is 3.14 bits per heavy atom. The highest BCUT2D eigenvalue weighted by atomic mass is 16.5. The zero-order valence-corrected chi connectivity index (χ0v) is 8.42. The number of hydrogen-bond donors (Lipinski definition) is 2. The molecule has 3 N–H and O–H groups in total. The van der Waals surface area contributed by atoms with E-state index in [0.29, 0.717) is 5.92 Å². The van der Waals surface area contributed by atoms with Gasteiger partial charge in [-0.1, -0.05) is 0 Å². The van der Waals surface area contributed by atoms with Crippen LogP contribution in [0.25, 0.3) is 0 Å². The maximum Gasteiger partial charge on any atom is 0.119 e. The highest BCUT2D eigenvalue weighted by molar-refractivity contribution is 5.56. The molecule has 3 nitrogen and oxygen atoms in total. The van der Waals surface area contributed by atoms with E-state index in [9.17, 15) is 0 Å². The summed E-state index contributed by atoms with van der Waals surface area (Å²) in [7, 11) is 1.69. The van der Waals surface area contributed by atoms with Gasteiger partial charge in [0.15, 0.2) is 0 Å². The quantitative estimate of drug-likeness (QED) is 0.741. The lowest BCUT2D eigenvalue weighted by molar-refractivity contribution is 0.413. The maximum atomic E-state index is 5.66. The molecule has 1 aromatic carbocycles. The van der Waals surface area contributed by atoms with Crippen LogP contribution in [0.2, 0.25) is 0 Å². The molecule has 1 atom stereocenters. The largest absolute Gasteiger partial charge is 0.497 e. The van der Waals surface area contributed by atoms with Crippen LogP contribution in [0.3, 0.4) is 0 Å². The van der Waals surface area contributed by atoms with E-state index in [1.54, 1.807) is 7.11 Å². The predicted molar refractivity (Wildman–Crippen MR) is 57.7 cm³/mol. The van der Waals surface area contributed by atoms with Gasteiger partial charge in [-0.05, 0) is 42.6 Å². The summed E-state index contributed by atoms with van der Waals surface area (Å²) in [5.41, 5.74) is 8.19. The van der Waals surface area contributed by atoms with Crippen LogP contribution in [0.5, 0.6) is 5.75 Å². The van der Waals surface area contributed by atoms with E-state index < -0.39 is 0 Å². The molecular weight excluding hydrogens is 176 g/mol. The first kappa shape index (κ1) is 9.34. The molecule has 0 amide bonds. The number of nitrogens with one attached hydrogen (secondary N) is 1. The van der Waals surface area contributed by atoms with Crippen LogP contribution in [-0.2, 0) is 6.42 Å². The minimum Gasteiger partial charge on any atom is -0.497 e. The Labute approximate surface area is 84.3 Å². The number of anilines is 1. The molecule has 0 aliphatic carbocycles. The third-order valence-corrected chi connectivity index (χ3v) is 2.74. The highest BCUT2D eigenvalue weighted by Crippen LogP contribution is 2.27. The van der Waals surface area contributed by atoms with Crippen LogP contribution in [0.1, 0.15) is 5.56 Å². The molecule has 1 heterocycles. The summed E-state index contributed by atoms with van der Waals surface area (Å²) < 4.78 is 5.19. The molecule has 1 unspecified atom stereocenters. The van der Waals surface area contributed by atoms with Crippen LogP contribution in [0.4, 0.5) is 5.69 Å². The molecule has 0 radical (unpaired) electrons. The topological polar surface area (TPSA) is 47.3 Å². The van der Waals surface area contributed by atoms with Gasteiger partial charge in [0.05, 0.1) is 7.11 Å². The SMILES string of the molecule is COc1ccc2c(c1)CC(CN)CN2. The first-order valence-corrected chi connectivity index (χ1v) is 4.94. The molecule has 76 valence electrons. The Morgan fingerprint density at radius 1 is 1.57 bits per heavy atom. The molecule has 1 aliphatic heterocycles. The van der Waals surface area contributed by atoms with Crippen molar-refractivity contribution in [2.24, 2.45) is 11.7 Å². The van der Waals surface area contributed by atoms with Crippen molar-refractivity contribution in [1.29, 1.82) is 0 Å². The fourth-order valence-electron chi connectivity index (χ4n) is 1.84. The minimum atomic E-state index is 0.551. The van der Waals surface area contributed by atoms with Crippen LogP contribution in [0, 0.1) is 5.92 Å². The first-order chi connectivity index (χ1) is 6.83. The molecule has 0 spiro atoms. The van der Waals surface area contributed by atoms with Crippen molar-refractivity contribution in [3.05, 3.63) is 23.8 Å². The molecule has 0 bridgehead atoms. The van der Waals surface area contributed by atoms with Crippen molar-refractivity contribution in [1.82, 2.24) is 0 Å². The average Bonchev–Trinajstić information content (AvgIpc) is 2.27. The van der Waals surface area contributed by atoms with Gasteiger partial charge in [-0.15, -0.1) is 0 Å². The molecule has 0 aromatic heterocycles. The number of rotatable bonds is 2. The smallest absolute Gasteiger partial charge is 0.119 e. The second-order valence-corrected chi connectivity index (χ2v) is 3.71. The van der Waals surface area contributed by atoms with E-state index >= 15 is 0 Å². The van der Waals surface area contributed by atoms with E-state index in [2.05, 4.69) is 17.4 Å². The van der Waals surface area contributed by atoms with Crippen molar-refractivity contribution in [3.63, 3.8) is 0 Å². The van der Waals surface area contributed by atoms with Crippen LogP contribution in [0.15, 0.2) is 18.2 Å². The van der Waals surface area contributed by atoms with Gasteiger partial charge in [0.25, 0.3) is 0 Å². The lowest BCUT2D eigenvalue weighted by Gasteiger charge is -2.25. The van der Waals surface area contributed by atoms with E-state index in [4.69, 9.17) is 10.5 Å². The first-order valence-electron chi connectivity index (χ1n) is 4.94. The Balaban J connectivity index is 2.25. The van der Waals surface area contributed by atoms with Crippen molar-refractivity contribution >= 4 is 5.69 Å². The molecule has 1 aromatic rings. The van der Waals surface area contributed by atoms with Crippen molar-refractivity contribution in [2.45, 2.75) is 6.42 Å².